The Morgan fingerprint density at radius 1 is 0.397 bits per heavy atom. The molecule has 1 aromatic heterocycles. The Morgan fingerprint density at radius 2 is 0.914 bits per heavy atom. The van der Waals surface area contributed by atoms with Crippen molar-refractivity contribution in [2.45, 2.75) is 5.41 Å². The number of para-hydroxylation sites is 5. The predicted octanol–water partition coefficient (Wildman–Crippen LogP) is 13.5. The van der Waals surface area contributed by atoms with Crippen molar-refractivity contribution in [3.63, 3.8) is 0 Å². The number of ether oxygens (including phenoxy) is 1. The normalized spacial score (nSPS) is 13.7. The van der Waals surface area contributed by atoms with Gasteiger partial charge >= 0.3 is 0 Å². The van der Waals surface area contributed by atoms with Gasteiger partial charge < -0.3 is 9.64 Å². The highest BCUT2D eigenvalue weighted by Gasteiger charge is 2.53. The monoisotopic (exact) mass is 742 g/mol. The molecule has 3 heterocycles. The minimum absolute atomic E-state index is 0.574. The van der Waals surface area contributed by atoms with Crippen LogP contribution in [-0.4, -0.2) is 9.97 Å². The van der Waals surface area contributed by atoms with Crippen LogP contribution in [0.15, 0.2) is 206 Å². The van der Waals surface area contributed by atoms with Crippen LogP contribution < -0.4 is 14.5 Å². The van der Waals surface area contributed by atoms with E-state index in [-0.39, 0.29) is 0 Å². The van der Waals surface area contributed by atoms with Crippen molar-refractivity contribution in [3.05, 3.63) is 229 Å². The molecule has 3 aliphatic rings. The zero-order valence-electron chi connectivity index (χ0n) is 31.3. The van der Waals surface area contributed by atoms with E-state index in [0.29, 0.717) is 5.95 Å². The molecule has 0 radical (unpaired) electrons. The molecule has 0 bridgehead atoms. The van der Waals surface area contributed by atoms with Gasteiger partial charge in [0.15, 0.2) is 11.5 Å². The molecule has 272 valence electrons. The molecule has 1 spiro atoms. The lowest BCUT2D eigenvalue weighted by atomic mass is 9.64. The highest BCUT2D eigenvalue weighted by Crippen LogP contribution is 2.67. The van der Waals surface area contributed by atoms with Crippen LogP contribution >= 0.6 is 0 Å². The third-order valence-corrected chi connectivity index (χ3v) is 11.9. The molecule has 12 rings (SSSR count). The van der Waals surface area contributed by atoms with Crippen molar-refractivity contribution in [2.75, 3.05) is 9.80 Å². The summed E-state index contributed by atoms with van der Waals surface area (Å²) >= 11 is 0. The average Bonchev–Trinajstić information content (AvgIpc) is 3.60. The predicted molar refractivity (Wildman–Crippen MR) is 233 cm³/mol. The van der Waals surface area contributed by atoms with Crippen molar-refractivity contribution in [2.24, 2.45) is 0 Å². The summed E-state index contributed by atoms with van der Waals surface area (Å²) in [6, 6.07) is 72.9. The first-order valence-corrected chi connectivity index (χ1v) is 19.7. The van der Waals surface area contributed by atoms with Gasteiger partial charge in [-0.2, -0.15) is 0 Å². The Bertz CT molecular complexity index is 2950. The van der Waals surface area contributed by atoms with Crippen LogP contribution in [0.1, 0.15) is 22.3 Å². The Morgan fingerprint density at radius 3 is 1.55 bits per heavy atom. The second-order valence-electron chi connectivity index (χ2n) is 14.9. The van der Waals surface area contributed by atoms with Gasteiger partial charge in [0.2, 0.25) is 5.95 Å². The highest BCUT2D eigenvalue weighted by molar-refractivity contribution is 6.01. The summed E-state index contributed by atoms with van der Waals surface area (Å²) in [7, 11) is 0. The third-order valence-electron chi connectivity index (χ3n) is 11.9. The van der Waals surface area contributed by atoms with Crippen molar-refractivity contribution in [1.29, 1.82) is 0 Å². The Balaban J connectivity index is 1.14. The van der Waals surface area contributed by atoms with Gasteiger partial charge in [0.1, 0.15) is 0 Å². The summed E-state index contributed by atoms with van der Waals surface area (Å²) in [6.07, 6.45) is 0. The van der Waals surface area contributed by atoms with Crippen LogP contribution in [0.25, 0.3) is 33.6 Å². The van der Waals surface area contributed by atoms with Crippen LogP contribution in [-0.2, 0) is 5.41 Å². The topological polar surface area (TPSA) is 41.5 Å². The molecule has 0 saturated heterocycles. The maximum Gasteiger partial charge on any atom is 0.236 e. The number of anilines is 6. The van der Waals surface area contributed by atoms with Crippen LogP contribution in [0.2, 0.25) is 0 Å². The molecule has 2 aliphatic heterocycles. The van der Waals surface area contributed by atoms with Crippen molar-refractivity contribution in [3.8, 4) is 45.1 Å². The van der Waals surface area contributed by atoms with E-state index in [0.717, 1.165) is 73.6 Å². The molecule has 8 aromatic carbocycles. The summed E-state index contributed by atoms with van der Waals surface area (Å²) in [5.41, 5.74) is 15.4. The molecule has 5 nitrogen and oxygen atoms in total. The van der Waals surface area contributed by atoms with Crippen LogP contribution in [0.4, 0.5) is 34.4 Å². The van der Waals surface area contributed by atoms with Gasteiger partial charge in [-0.1, -0.05) is 158 Å². The van der Waals surface area contributed by atoms with Gasteiger partial charge in [0.05, 0.1) is 39.6 Å². The number of aromatic nitrogens is 2. The standard InChI is InChI=1S/C53H34N4O/c1-4-18-35(19-5-1)43-34-44(36-20-6-2-7-21-36)55-52(54-43)57-47-30-16-17-31-49(47)58-51-48(57)33-32-42-50(51)38-24-10-11-25-39(38)53(42)40-26-12-14-28-45(40)56(37-22-8-3-9-23-37)46-29-15-13-27-41(46)53/h1-34H. The van der Waals surface area contributed by atoms with Crippen LogP contribution in [0.5, 0.6) is 11.5 Å². The van der Waals surface area contributed by atoms with Gasteiger partial charge in [0, 0.05) is 22.4 Å². The van der Waals surface area contributed by atoms with E-state index in [1.165, 1.54) is 22.3 Å². The molecule has 0 atom stereocenters. The largest absolute Gasteiger partial charge is 0.452 e. The number of rotatable bonds is 4. The molecule has 0 N–H and O–H groups in total. The van der Waals surface area contributed by atoms with Crippen molar-refractivity contribution >= 4 is 34.4 Å². The molecule has 0 unspecified atom stereocenters. The summed E-state index contributed by atoms with van der Waals surface area (Å²) in [5, 5.41) is 0. The second-order valence-corrected chi connectivity index (χ2v) is 14.9. The Labute approximate surface area is 336 Å². The zero-order valence-corrected chi connectivity index (χ0v) is 31.3. The summed E-state index contributed by atoms with van der Waals surface area (Å²) in [5.74, 6) is 2.11. The van der Waals surface area contributed by atoms with E-state index in [1.807, 2.05) is 30.3 Å². The highest BCUT2D eigenvalue weighted by atomic mass is 16.5. The molecule has 1 aliphatic carbocycles. The van der Waals surface area contributed by atoms with E-state index in [9.17, 15) is 0 Å². The van der Waals surface area contributed by atoms with Crippen LogP contribution in [0.3, 0.4) is 0 Å². The molecule has 58 heavy (non-hydrogen) atoms. The molecule has 0 fully saturated rings. The number of fused-ring (bicyclic) bond motifs is 12. The van der Waals surface area contributed by atoms with Gasteiger partial charge in [0.25, 0.3) is 0 Å². The van der Waals surface area contributed by atoms with Crippen LogP contribution in [0, 0.1) is 0 Å². The number of nitrogens with zero attached hydrogens (tertiary/aromatic N) is 4. The van der Waals surface area contributed by atoms with E-state index in [2.05, 4.69) is 186 Å². The second kappa shape index (κ2) is 12.6. The minimum Gasteiger partial charge on any atom is -0.452 e. The summed E-state index contributed by atoms with van der Waals surface area (Å²) < 4.78 is 7.15. The molecule has 0 saturated carbocycles. The maximum atomic E-state index is 7.15. The lowest BCUT2D eigenvalue weighted by molar-refractivity contribution is 0.477. The number of hydrogen-bond acceptors (Lipinski definition) is 5. The fraction of sp³-hybridized carbons (Fsp3) is 0.0189. The average molecular weight is 743 g/mol. The van der Waals surface area contributed by atoms with E-state index < -0.39 is 5.41 Å². The maximum absolute atomic E-state index is 7.15. The summed E-state index contributed by atoms with van der Waals surface area (Å²) in [6.45, 7) is 0. The fourth-order valence-corrected chi connectivity index (χ4v) is 9.52. The molecule has 0 amide bonds. The summed E-state index contributed by atoms with van der Waals surface area (Å²) in [4.78, 5) is 15.2. The first-order valence-electron chi connectivity index (χ1n) is 19.7. The smallest absolute Gasteiger partial charge is 0.236 e. The van der Waals surface area contributed by atoms with Gasteiger partial charge in [-0.25, -0.2) is 9.97 Å². The third kappa shape index (κ3) is 4.58. The van der Waals surface area contributed by atoms with Gasteiger partial charge in [-0.05, 0) is 76.3 Å². The SMILES string of the molecule is c1ccc(-c2cc(-c3ccccc3)nc(N3c4ccccc4Oc4c3ccc3c4-c4ccccc4C34c3ccccc3N(c3ccccc3)c3ccccc34)n2)cc1. The van der Waals surface area contributed by atoms with Gasteiger partial charge in [-0.3, -0.25) is 4.90 Å². The molecular weight excluding hydrogens is 709 g/mol. The minimum atomic E-state index is -0.616. The van der Waals surface area contributed by atoms with E-state index >= 15 is 0 Å². The molecular formula is C53H34N4O. The number of hydrogen-bond donors (Lipinski definition) is 0. The first kappa shape index (κ1) is 32.5. The Hall–Kier alpha value is -7.76. The lowest BCUT2D eigenvalue weighted by Crippen LogP contribution is -2.36. The van der Waals surface area contributed by atoms with Gasteiger partial charge in [-0.15, -0.1) is 0 Å². The van der Waals surface area contributed by atoms with Crippen molar-refractivity contribution in [1.82, 2.24) is 9.97 Å². The first-order chi connectivity index (χ1) is 28.8. The number of benzene rings is 8. The lowest BCUT2D eigenvalue weighted by Gasteiger charge is -2.45. The fourth-order valence-electron chi connectivity index (χ4n) is 9.52. The molecule has 5 heteroatoms. The Kier molecular flexibility index (Phi) is 7.07. The molecule has 9 aromatic rings. The quantitative estimate of drug-likeness (QED) is 0.180. The van der Waals surface area contributed by atoms with Crippen molar-refractivity contribution < 1.29 is 4.74 Å². The zero-order chi connectivity index (χ0) is 38.2. The van der Waals surface area contributed by atoms with E-state index in [1.54, 1.807) is 0 Å². The van der Waals surface area contributed by atoms with E-state index in [4.69, 9.17) is 14.7 Å².